The summed E-state index contributed by atoms with van der Waals surface area (Å²) < 4.78 is 5.97. The predicted octanol–water partition coefficient (Wildman–Crippen LogP) is 4.12. The van der Waals surface area contributed by atoms with Crippen molar-refractivity contribution >= 4 is 23.5 Å². The molecule has 0 radical (unpaired) electrons. The summed E-state index contributed by atoms with van der Waals surface area (Å²) in [6.07, 6.45) is 2.90. The third-order valence-electron chi connectivity index (χ3n) is 4.03. The fourth-order valence-corrected chi connectivity index (χ4v) is 5.77. The van der Waals surface area contributed by atoms with Crippen molar-refractivity contribution in [2.45, 2.75) is 49.3 Å². The van der Waals surface area contributed by atoms with E-state index in [1.807, 2.05) is 0 Å². The van der Waals surface area contributed by atoms with E-state index in [1.54, 1.807) is 0 Å². The second-order valence-corrected chi connectivity index (χ2v) is 8.61. The van der Waals surface area contributed by atoms with Crippen LogP contribution >= 0.6 is 23.5 Å². The van der Waals surface area contributed by atoms with Crippen LogP contribution in [0.1, 0.15) is 38.3 Å². The number of benzene rings is 1. The average molecular weight is 324 g/mol. The minimum atomic E-state index is 0.422. The Labute approximate surface area is 136 Å². The van der Waals surface area contributed by atoms with Gasteiger partial charge in [0.2, 0.25) is 0 Å². The molecule has 1 saturated heterocycles. The molecule has 1 saturated carbocycles. The first-order chi connectivity index (χ1) is 10.3. The summed E-state index contributed by atoms with van der Waals surface area (Å²) in [5.74, 6) is 3.59. The van der Waals surface area contributed by atoms with Crippen LogP contribution in [0.15, 0.2) is 24.3 Å². The topological polar surface area (TPSA) is 21.3 Å². The first-order valence-electron chi connectivity index (χ1n) is 8.01. The number of nitrogens with one attached hydrogen (secondary N) is 1. The molecule has 0 spiro atoms. The van der Waals surface area contributed by atoms with E-state index in [-0.39, 0.29) is 0 Å². The molecule has 1 aromatic rings. The second-order valence-electron chi connectivity index (χ2n) is 5.84. The Morgan fingerprint density at radius 2 is 2.10 bits per heavy atom. The van der Waals surface area contributed by atoms with Gasteiger partial charge >= 0.3 is 0 Å². The van der Waals surface area contributed by atoms with Gasteiger partial charge < -0.3 is 10.1 Å². The molecular formula is C17H25NOS2. The monoisotopic (exact) mass is 323 g/mol. The summed E-state index contributed by atoms with van der Waals surface area (Å²) in [6, 6.07) is 9.16. The molecule has 1 aromatic carbocycles. The Morgan fingerprint density at radius 3 is 2.81 bits per heavy atom. The van der Waals surface area contributed by atoms with Crippen LogP contribution in [0.3, 0.4) is 0 Å². The zero-order valence-electron chi connectivity index (χ0n) is 12.9. The molecule has 0 amide bonds. The molecule has 0 bridgehead atoms. The van der Waals surface area contributed by atoms with Crippen LogP contribution in [0, 0.1) is 0 Å². The maximum Gasteiger partial charge on any atom is 0.120 e. The van der Waals surface area contributed by atoms with E-state index in [1.165, 1.54) is 29.9 Å². The molecular weight excluding hydrogens is 298 g/mol. The lowest BCUT2D eigenvalue weighted by molar-refractivity contribution is 0.302. The minimum absolute atomic E-state index is 0.422. The Bertz CT molecular complexity index is 464. The highest BCUT2D eigenvalue weighted by atomic mass is 32.2. The van der Waals surface area contributed by atoms with E-state index in [9.17, 15) is 0 Å². The largest absolute Gasteiger partial charge is 0.490 e. The Hall–Kier alpha value is -0.320. The summed E-state index contributed by atoms with van der Waals surface area (Å²) in [5, 5.41) is 5.04. The first-order valence-corrected chi connectivity index (χ1v) is 10.1. The Balaban J connectivity index is 1.78. The van der Waals surface area contributed by atoms with Gasteiger partial charge in [0.15, 0.2) is 0 Å². The van der Waals surface area contributed by atoms with Crippen molar-refractivity contribution < 1.29 is 4.74 Å². The zero-order chi connectivity index (χ0) is 14.7. The molecule has 116 valence electrons. The van der Waals surface area contributed by atoms with Gasteiger partial charge in [0.25, 0.3) is 0 Å². The molecule has 3 atom stereocenters. The molecule has 3 rings (SSSR count). The van der Waals surface area contributed by atoms with Crippen LogP contribution in [0.25, 0.3) is 0 Å². The molecule has 1 heterocycles. The highest BCUT2D eigenvalue weighted by Crippen LogP contribution is 2.39. The van der Waals surface area contributed by atoms with E-state index < -0.39 is 0 Å². The van der Waals surface area contributed by atoms with Crippen LogP contribution < -0.4 is 10.1 Å². The lowest BCUT2D eigenvalue weighted by atomic mass is 10.0. The maximum absolute atomic E-state index is 5.97. The van der Waals surface area contributed by atoms with Crippen LogP contribution in [-0.4, -0.2) is 34.7 Å². The summed E-state index contributed by atoms with van der Waals surface area (Å²) in [4.78, 5) is 0. The molecule has 3 unspecified atom stereocenters. The number of thioether (sulfide) groups is 2. The van der Waals surface area contributed by atoms with Crippen molar-refractivity contribution in [2.75, 3.05) is 18.1 Å². The van der Waals surface area contributed by atoms with E-state index in [0.717, 1.165) is 12.3 Å². The van der Waals surface area contributed by atoms with Gasteiger partial charge in [0.1, 0.15) is 5.75 Å². The smallest absolute Gasteiger partial charge is 0.120 e. The molecule has 0 aromatic heterocycles. The van der Waals surface area contributed by atoms with Gasteiger partial charge in [-0.1, -0.05) is 26.0 Å². The minimum Gasteiger partial charge on any atom is -0.490 e. The Kier molecular flexibility index (Phi) is 5.41. The van der Waals surface area contributed by atoms with Gasteiger partial charge in [0.05, 0.1) is 6.10 Å². The standard InChI is InChI=1S/C17H25NOS2/c1-3-18-16(17-12(2)20-9-10-21-17)13-5-4-6-15(11-13)19-14-7-8-14/h4-6,11-12,14,16-18H,3,7-10H2,1-2H3. The molecule has 2 fully saturated rings. The molecule has 21 heavy (non-hydrogen) atoms. The van der Waals surface area contributed by atoms with Gasteiger partial charge in [-0.05, 0) is 37.1 Å². The quantitative estimate of drug-likeness (QED) is 0.850. The van der Waals surface area contributed by atoms with Gasteiger partial charge in [-0.25, -0.2) is 0 Å². The molecule has 4 heteroatoms. The fourth-order valence-electron chi connectivity index (χ4n) is 2.82. The van der Waals surface area contributed by atoms with Crippen molar-refractivity contribution in [3.63, 3.8) is 0 Å². The number of ether oxygens (including phenoxy) is 1. The lowest BCUT2D eigenvalue weighted by Crippen LogP contribution is -2.37. The second kappa shape index (κ2) is 7.30. The van der Waals surface area contributed by atoms with E-state index in [4.69, 9.17) is 4.74 Å². The zero-order valence-corrected chi connectivity index (χ0v) is 14.5. The third kappa shape index (κ3) is 4.11. The maximum atomic E-state index is 5.97. The van der Waals surface area contributed by atoms with Crippen molar-refractivity contribution in [3.05, 3.63) is 29.8 Å². The highest BCUT2D eigenvalue weighted by Gasteiger charge is 2.31. The number of rotatable bonds is 6. The average Bonchev–Trinajstić information content (AvgIpc) is 3.30. The van der Waals surface area contributed by atoms with Crippen LogP contribution in [-0.2, 0) is 0 Å². The summed E-state index contributed by atoms with van der Waals surface area (Å²) in [7, 11) is 0. The summed E-state index contributed by atoms with van der Waals surface area (Å²) >= 11 is 4.23. The van der Waals surface area contributed by atoms with E-state index in [0.29, 0.717) is 22.6 Å². The van der Waals surface area contributed by atoms with Crippen molar-refractivity contribution in [1.29, 1.82) is 0 Å². The van der Waals surface area contributed by atoms with Gasteiger partial charge in [-0.3, -0.25) is 0 Å². The Morgan fingerprint density at radius 1 is 1.29 bits per heavy atom. The van der Waals surface area contributed by atoms with Gasteiger partial charge in [0, 0.05) is 28.0 Å². The number of hydrogen-bond donors (Lipinski definition) is 1. The third-order valence-corrected chi connectivity index (χ3v) is 7.23. The molecule has 1 N–H and O–H groups in total. The van der Waals surface area contributed by atoms with Crippen molar-refractivity contribution in [1.82, 2.24) is 5.32 Å². The molecule has 2 aliphatic rings. The molecule has 1 aliphatic carbocycles. The first kappa shape index (κ1) is 15.6. The van der Waals surface area contributed by atoms with Gasteiger partial charge in [-0.2, -0.15) is 23.5 Å². The van der Waals surface area contributed by atoms with E-state index >= 15 is 0 Å². The summed E-state index contributed by atoms with van der Waals surface area (Å²) in [5.41, 5.74) is 1.38. The lowest BCUT2D eigenvalue weighted by Gasteiger charge is -2.35. The summed E-state index contributed by atoms with van der Waals surface area (Å²) in [6.45, 7) is 5.58. The van der Waals surface area contributed by atoms with Crippen molar-refractivity contribution in [3.8, 4) is 5.75 Å². The van der Waals surface area contributed by atoms with Crippen LogP contribution in [0.2, 0.25) is 0 Å². The van der Waals surface area contributed by atoms with Crippen LogP contribution in [0.5, 0.6) is 5.75 Å². The van der Waals surface area contributed by atoms with Crippen LogP contribution in [0.4, 0.5) is 0 Å². The highest BCUT2D eigenvalue weighted by molar-refractivity contribution is 8.07. The van der Waals surface area contributed by atoms with Crippen molar-refractivity contribution in [2.24, 2.45) is 0 Å². The predicted molar refractivity (Wildman–Crippen MR) is 94.7 cm³/mol. The molecule has 1 aliphatic heterocycles. The number of hydrogen-bond acceptors (Lipinski definition) is 4. The fraction of sp³-hybridized carbons (Fsp3) is 0.647. The van der Waals surface area contributed by atoms with Gasteiger partial charge in [-0.15, -0.1) is 0 Å². The van der Waals surface area contributed by atoms with E-state index in [2.05, 4.69) is 67.0 Å². The normalized spacial score (nSPS) is 27.3. The SMILES string of the molecule is CCNC(c1cccc(OC2CC2)c1)C1SCCSC1C. The molecule has 2 nitrogen and oxygen atoms in total.